The molecule has 0 saturated heterocycles. The largest absolute Gasteiger partial charge is 0.466 e. The Morgan fingerprint density at radius 3 is 2.52 bits per heavy atom. The molecule has 5 unspecified atom stereocenters. The summed E-state index contributed by atoms with van der Waals surface area (Å²) in [6, 6.07) is 10.2. The molecule has 0 spiro atoms. The molecule has 1 aliphatic rings. The molecule has 1 aromatic heterocycles. The molecule has 33 heavy (non-hydrogen) atoms. The van der Waals surface area contributed by atoms with E-state index in [4.69, 9.17) is 9.84 Å². The Labute approximate surface area is 200 Å². The van der Waals surface area contributed by atoms with E-state index < -0.39 is 18.3 Å². The maximum atomic E-state index is 11.6. The topological polar surface area (TPSA) is 107 Å². The summed E-state index contributed by atoms with van der Waals surface area (Å²) in [6.45, 7) is 0.302. The predicted molar refractivity (Wildman–Crippen MR) is 130 cm³/mol. The molecule has 184 valence electrons. The van der Waals surface area contributed by atoms with Gasteiger partial charge in [0.1, 0.15) is 0 Å². The lowest BCUT2D eigenvalue weighted by atomic mass is 9.84. The minimum atomic E-state index is -0.551. The van der Waals surface area contributed by atoms with Crippen LogP contribution in [-0.2, 0) is 9.53 Å². The number of fused-ring (bicyclic) bond motifs is 1. The van der Waals surface area contributed by atoms with Gasteiger partial charge in [0.15, 0.2) is 0 Å². The summed E-state index contributed by atoms with van der Waals surface area (Å²) in [5.74, 6) is -0.154. The van der Waals surface area contributed by atoms with Crippen molar-refractivity contribution in [1.82, 2.24) is 0 Å². The highest BCUT2D eigenvalue weighted by atomic mass is 32.1. The number of unbranched alkanes of at least 4 members (excludes halogenated alkanes) is 3. The number of aliphatic hydroxyl groups is 4. The van der Waals surface area contributed by atoms with Gasteiger partial charge >= 0.3 is 5.97 Å². The molecule has 0 radical (unpaired) electrons. The van der Waals surface area contributed by atoms with Crippen LogP contribution >= 0.6 is 11.3 Å². The van der Waals surface area contributed by atoms with Crippen LogP contribution in [0.4, 0.5) is 0 Å². The van der Waals surface area contributed by atoms with Gasteiger partial charge in [0.25, 0.3) is 0 Å². The van der Waals surface area contributed by atoms with E-state index in [1.807, 2.05) is 18.2 Å². The van der Waals surface area contributed by atoms with E-state index in [0.717, 1.165) is 42.4 Å². The van der Waals surface area contributed by atoms with Gasteiger partial charge in [-0.05, 0) is 61.5 Å². The second-order valence-electron chi connectivity index (χ2n) is 9.23. The number of carbonyl (C=O) groups excluding carboxylic acids is 1. The summed E-state index contributed by atoms with van der Waals surface area (Å²) in [5.41, 5.74) is 0. The zero-order valence-corrected chi connectivity index (χ0v) is 20.1. The van der Waals surface area contributed by atoms with Gasteiger partial charge in [-0.25, -0.2) is 0 Å². The fourth-order valence-electron chi connectivity index (χ4n) is 4.97. The number of hydrogen-bond donors (Lipinski definition) is 4. The summed E-state index contributed by atoms with van der Waals surface area (Å²) in [5, 5.41) is 41.6. The molecule has 0 amide bonds. The molecule has 7 heteroatoms. The van der Waals surface area contributed by atoms with E-state index in [1.54, 1.807) is 11.3 Å². The molecular weight excluding hydrogens is 440 g/mol. The molecule has 2 aromatic rings. The number of esters is 1. The molecule has 1 heterocycles. The van der Waals surface area contributed by atoms with Gasteiger partial charge < -0.3 is 25.2 Å². The number of benzene rings is 1. The standard InChI is InChI=1S/C26H38O6S/c27-14-7-15-32-26(31)11-4-2-1-3-9-19-20(23(30)17-22(19)29)12-13-21(28)25-16-18-8-5-6-10-24(18)33-25/h5-6,8,10,16,19-23,27-30H,1-4,7,9,11-15,17H2. The zero-order valence-electron chi connectivity index (χ0n) is 19.3. The Kier molecular flexibility index (Phi) is 10.6. The van der Waals surface area contributed by atoms with Gasteiger partial charge in [-0.1, -0.05) is 37.5 Å². The third-order valence-corrected chi connectivity index (χ3v) is 8.02. The molecule has 1 saturated carbocycles. The summed E-state index contributed by atoms with van der Waals surface area (Å²) in [6.07, 6.45) is 5.47. The second kappa shape index (κ2) is 13.4. The van der Waals surface area contributed by atoms with Crippen LogP contribution in [0.5, 0.6) is 0 Å². The maximum absolute atomic E-state index is 11.6. The van der Waals surface area contributed by atoms with Crippen LogP contribution in [-0.4, -0.2) is 51.8 Å². The van der Waals surface area contributed by atoms with Crippen molar-refractivity contribution in [3.63, 3.8) is 0 Å². The van der Waals surface area contributed by atoms with E-state index in [2.05, 4.69) is 12.1 Å². The first-order valence-electron chi connectivity index (χ1n) is 12.3. The van der Waals surface area contributed by atoms with E-state index in [9.17, 15) is 20.1 Å². The lowest BCUT2D eigenvalue weighted by Crippen LogP contribution is -2.23. The molecule has 0 bridgehead atoms. The van der Waals surface area contributed by atoms with Crippen LogP contribution in [0.25, 0.3) is 10.1 Å². The van der Waals surface area contributed by atoms with Crippen molar-refractivity contribution in [1.29, 1.82) is 0 Å². The van der Waals surface area contributed by atoms with Crippen molar-refractivity contribution >= 4 is 27.4 Å². The smallest absolute Gasteiger partial charge is 0.305 e. The van der Waals surface area contributed by atoms with Gasteiger partial charge in [0.05, 0.1) is 24.9 Å². The zero-order chi connectivity index (χ0) is 23.6. The molecule has 1 aromatic carbocycles. The first-order chi connectivity index (χ1) is 16.0. The first-order valence-corrected chi connectivity index (χ1v) is 13.1. The molecule has 1 fully saturated rings. The van der Waals surface area contributed by atoms with Crippen LogP contribution in [0.1, 0.15) is 75.2 Å². The third kappa shape index (κ3) is 7.76. The van der Waals surface area contributed by atoms with Crippen molar-refractivity contribution in [2.75, 3.05) is 13.2 Å². The normalized spacial score (nSPS) is 23.8. The minimum Gasteiger partial charge on any atom is -0.466 e. The lowest BCUT2D eigenvalue weighted by molar-refractivity contribution is -0.144. The average Bonchev–Trinajstić information content (AvgIpc) is 3.35. The van der Waals surface area contributed by atoms with Crippen molar-refractivity contribution in [2.45, 2.75) is 82.5 Å². The van der Waals surface area contributed by atoms with E-state index in [-0.39, 0.29) is 31.0 Å². The van der Waals surface area contributed by atoms with Crippen molar-refractivity contribution in [2.24, 2.45) is 11.8 Å². The number of thiophene rings is 1. The van der Waals surface area contributed by atoms with Gasteiger partial charge in [-0.3, -0.25) is 4.79 Å². The summed E-state index contributed by atoms with van der Waals surface area (Å²) in [4.78, 5) is 12.5. The second-order valence-corrected chi connectivity index (χ2v) is 10.3. The Bertz CT molecular complexity index is 819. The van der Waals surface area contributed by atoms with Gasteiger partial charge in [0, 0.05) is 29.0 Å². The Morgan fingerprint density at radius 2 is 1.76 bits per heavy atom. The maximum Gasteiger partial charge on any atom is 0.305 e. The van der Waals surface area contributed by atoms with Gasteiger partial charge in [-0.2, -0.15) is 0 Å². The fraction of sp³-hybridized carbons (Fsp3) is 0.654. The van der Waals surface area contributed by atoms with Gasteiger partial charge in [-0.15, -0.1) is 11.3 Å². The Morgan fingerprint density at radius 1 is 1.03 bits per heavy atom. The molecular formula is C26H38O6S. The molecule has 4 N–H and O–H groups in total. The SMILES string of the molecule is O=C(CCCCCCC1C(O)CC(O)C1CCC(O)c1cc2ccccc2s1)OCCCO. The highest BCUT2D eigenvalue weighted by molar-refractivity contribution is 7.19. The summed E-state index contributed by atoms with van der Waals surface area (Å²) >= 11 is 1.61. The lowest BCUT2D eigenvalue weighted by Gasteiger charge is -2.24. The fourth-order valence-corrected chi connectivity index (χ4v) is 6.05. The number of hydrogen-bond acceptors (Lipinski definition) is 7. The highest BCUT2D eigenvalue weighted by Crippen LogP contribution is 2.41. The Balaban J connectivity index is 1.38. The first kappa shape index (κ1) is 26.1. The molecule has 6 nitrogen and oxygen atoms in total. The van der Waals surface area contributed by atoms with E-state index in [1.165, 1.54) is 4.70 Å². The van der Waals surface area contributed by atoms with Crippen LogP contribution in [0.15, 0.2) is 30.3 Å². The van der Waals surface area contributed by atoms with Crippen molar-refractivity contribution in [3.05, 3.63) is 35.2 Å². The van der Waals surface area contributed by atoms with Crippen LogP contribution in [0.2, 0.25) is 0 Å². The predicted octanol–water partition coefficient (Wildman–Crippen LogP) is 4.34. The molecule has 3 rings (SSSR count). The van der Waals surface area contributed by atoms with Crippen LogP contribution < -0.4 is 0 Å². The van der Waals surface area contributed by atoms with E-state index in [0.29, 0.717) is 32.1 Å². The van der Waals surface area contributed by atoms with Crippen LogP contribution in [0.3, 0.4) is 0 Å². The minimum absolute atomic E-state index is 0.00512. The summed E-state index contributed by atoms with van der Waals surface area (Å²) in [7, 11) is 0. The molecule has 1 aliphatic carbocycles. The van der Waals surface area contributed by atoms with Gasteiger partial charge in [0.2, 0.25) is 0 Å². The third-order valence-electron chi connectivity index (χ3n) is 6.80. The van der Waals surface area contributed by atoms with Crippen molar-refractivity contribution in [3.8, 4) is 0 Å². The Hall–Kier alpha value is -1.51. The van der Waals surface area contributed by atoms with Crippen molar-refractivity contribution < 1.29 is 30.0 Å². The monoisotopic (exact) mass is 478 g/mol. The molecule has 0 aliphatic heterocycles. The number of aliphatic hydroxyl groups excluding tert-OH is 4. The highest BCUT2D eigenvalue weighted by Gasteiger charge is 2.40. The quantitative estimate of drug-likeness (QED) is 0.238. The molecule has 5 atom stereocenters. The number of rotatable bonds is 14. The number of ether oxygens (including phenoxy) is 1. The van der Waals surface area contributed by atoms with Crippen LogP contribution in [0, 0.1) is 11.8 Å². The van der Waals surface area contributed by atoms with E-state index >= 15 is 0 Å². The summed E-state index contributed by atoms with van der Waals surface area (Å²) < 4.78 is 6.19. The average molecular weight is 479 g/mol. The number of carbonyl (C=O) groups is 1.